The normalized spacial score (nSPS) is 17.4. The molecule has 4 aromatic carbocycles. The number of benzene rings is 4. The van der Waals surface area contributed by atoms with Crippen molar-refractivity contribution in [3.8, 4) is 17.2 Å². The summed E-state index contributed by atoms with van der Waals surface area (Å²) in [5, 5.41) is 4.95. The highest BCUT2D eigenvalue weighted by Gasteiger charge is 2.33. The summed E-state index contributed by atoms with van der Waals surface area (Å²) in [7, 11) is 0. The highest BCUT2D eigenvalue weighted by Crippen LogP contribution is 2.48. The van der Waals surface area contributed by atoms with E-state index in [0.717, 1.165) is 41.5 Å². The van der Waals surface area contributed by atoms with Gasteiger partial charge in [-0.25, -0.2) is 4.39 Å². The molecule has 9 nitrogen and oxygen atoms in total. The number of carbonyl (C=O) groups excluding carboxylic acids is 1. The van der Waals surface area contributed by atoms with Crippen molar-refractivity contribution in [3.05, 3.63) is 100 Å². The van der Waals surface area contributed by atoms with Gasteiger partial charge in [-0.05, 0) is 47.0 Å². The number of morpholine rings is 1. The van der Waals surface area contributed by atoms with Gasteiger partial charge >= 0.3 is 0 Å². The summed E-state index contributed by atoms with van der Waals surface area (Å²) in [5.41, 5.74) is 8.87. The van der Waals surface area contributed by atoms with Gasteiger partial charge in [-0.15, -0.1) is 0 Å². The summed E-state index contributed by atoms with van der Waals surface area (Å²) in [6, 6.07) is 20.8. The van der Waals surface area contributed by atoms with Gasteiger partial charge < -0.3 is 34.9 Å². The molecule has 3 aliphatic rings. The van der Waals surface area contributed by atoms with Crippen molar-refractivity contribution in [3.63, 3.8) is 0 Å². The van der Waals surface area contributed by atoms with Crippen LogP contribution in [0.15, 0.2) is 77.7 Å². The van der Waals surface area contributed by atoms with Crippen molar-refractivity contribution in [2.75, 3.05) is 49.2 Å². The number of halogens is 1. The molecule has 0 radical (unpaired) electrons. The number of hydrogen-bond acceptors (Lipinski definition) is 7. The molecule has 3 N–H and O–H groups in total. The second-order valence-corrected chi connectivity index (χ2v) is 11.8. The number of fused-ring (bicyclic) bond motifs is 3. The standard InChI is InChI=1S/C35H32FN5O4/c36-27-17-25-31-34(32(27)40-10-9-24(37)19-40)45-30-16-22-6-2-1-5-21(22)15-29(30)41(31)20-26(33(25)42)35(43)38-18-23-7-3-4-8-28(23)39-11-13-44-14-12-39/h1-8,15-17,20,24H,9-14,18-19,37H2,(H,38,43). The van der Waals surface area contributed by atoms with Gasteiger partial charge in [0, 0.05) is 50.6 Å². The maximum absolute atomic E-state index is 16.0. The van der Waals surface area contributed by atoms with Crippen LogP contribution in [0.3, 0.4) is 0 Å². The number of carbonyl (C=O) groups is 1. The van der Waals surface area contributed by atoms with Gasteiger partial charge in [-0.2, -0.15) is 0 Å². The van der Waals surface area contributed by atoms with Gasteiger partial charge in [0.2, 0.25) is 5.43 Å². The Balaban J connectivity index is 1.25. The average molecular weight is 606 g/mol. The van der Waals surface area contributed by atoms with Crippen LogP contribution in [0.5, 0.6) is 11.5 Å². The SMILES string of the molecule is NC1CCN(c2c(F)cc3c(=O)c(C(=O)NCc4ccccc4N4CCOCC4)cn4c3c2Oc2cc3ccccc3cc2-4)C1. The number of pyridine rings is 1. The van der Waals surface area contributed by atoms with Crippen molar-refractivity contribution in [1.29, 1.82) is 0 Å². The Labute approximate surface area is 258 Å². The number of nitrogens with one attached hydrogen (secondary N) is 1. The molecule has 2 fully saturated rings. The van der Waals surface area contributed by atoms with Gasteiger partial charge in [0.1, 0.15) is 16.8 Å². The molecular weight excluding hydrogens is 573 g/mol. The molecular formula is C35H32FN5O4. The molecule has 228 valence electrons. The third kappa shape index (κ3) is 4.68. The fourth-order valence-corrected chi connectivity index (χ4v) is 6.78. The first-order valence-electron chi connectivity index (χ1n) is 15.3. The third-order valence-corrected chi connectivity index (χ3v) is 9.04. The molecule has 4 heterocycles. The Hall–Kier alpha value is -4.93. The zero-order valence-electron chi connectivity index (χ0n) is 24.6. The van der Waals surface area contributed by atoms with Gasteiger partial charge in [0.25, 0.3) is 5.91 Å². The van der Waals surface area contributed by atoms with Crippen LogP contribution in [0.1, 0.15) is 22.3 Å². The number of hydrogen-bond donors (Lipinski definition) is 2. The third-order valence-electron chi connectivity index (χ3n) is 9.04. The van der Waals surface area contributed by atoms with E-state index in [1.54, 1.807) is 10.8 Å². The second-order valence-electron chi connectivity index (χ2n) is 11.8. The summed E-state index contributed by atoms with van der Waals surface area (Å²) in [4.78, 5) is 31.8. The van der Waals surface area contributed by atoms with Crippen LogP contribution in [-0.4, -0.2) is 55.9 Å². The molecule has 1 unspecified atom stereocenters. The molecule has 1 amide bonds. The van der Waals surface area contributed by atoms with E-state index in [1.807, 2.05) is 65.6 Å². The van der Waals surface area contributed by atoms with E-state index in [2.05, 4.69) is 10.2 Å². The van der Waals surface area contributed by atoms with E-state index >= 15 is 4.39 Å². The van der Waals surface area contributed by atoms with Gasteiger partial charge in [-0.1, -0.05) is 42.5 Å². The van der Waals surface area contributed by atoms with Crippen LogP contribution in [0, 0.1) is 5.82 Å². The Bertz CT molecular complexity index is 2050. The lowest BCUT2D eigenvalue weighted by Crippen LogP contribution is -2.37. The minimum Gasteiger partial charge on any atom is -0.451 e. The fraction of sp³-hybridized carbons (Fsp3) is 0.257. The number of anilines is 2. The quantitative estimate of drug-likeness (QED) is 0.294. The minimum absolute atomic E-state index is 0.0753. The predicted octanol–water partition coefficient (Wildman–Crippen LogP) is 4.69. The Morgan fingerprint density at radius 1 is 0.956 bits per heavy atom. The summed E-state index contributed by atoms with van der Waals surface area (Å²) in [5.74, 6) is -0.359. The second kappa shape index (κ2) is 10.9. The average Bonchev–Trinajstić information content (AvgIpc) is 3.49. The minimum atomic E-state index is -0.587. The summed E-state index contributed by atoms with van der Waals surface area (Å²) < 4.78 is 29.8. The zero-order chi connectivity index (χ0) is 30.7. The highest BCUT2D eigenvalue weighted by atomic mass is 19.1. The van der Waals surface area contributed by atoms with E-state index in [4.69, 9.17) is 15.2 Å². The summed E-state index contributed by atoms with van der Waals surface area (Å²) >= 11 is 0. The maximum Gasteiger partial charge on any atom is 0.257 e. The number of ether oxygens (including phenoxy) is 2. The Morgan fingerprint density at radius 3 is 2.49 bits per heavy atom. The largest absolute Gasteiger partial charge is 0.451 e. The number of amides is 1. The molecule has 45 heavy (non-hydrogen) atoms. The monoisotopic (exact) mass is 605 g/mol. The van der Waals surface area contributed by atoms with Crippen LogP contribution in [0.25, 0.3) is 27.4 Å². The number of aromatic nitrogens is 1. The summed E-state index contributed by atoms with van der Waals surface area (Å²) in [6.07, 6.45) is 2.28. The van der Waals surface area contributed by atoms with Crippen LogP contribution < -0.4 is 31.0 Å². The molecule has 1 aromatic heterocycles. The number of rotatable bonds is 5. The lowest BCUT2D eigenvalue weighted by atomic mass is 10.0. The van der Waals surface area contributed by atoms with E-state index in [1.165, 1.54) is 6.07 Å². The fourth-order valence-electron chi connectivity index (χ4n) is 6.78. The molecule has 8 rings (SSSR count). The first-order chi connectivity index (χ1) is 22.0. The topological polar surface area (TPSA) is 102 Å². The van der Waals surface area contributed by atoms with E-state index < -0.39 is 17.2 Å². The maximum atomic E-state index is 16.0. The number of nitrogens with two attached hydrogens (primary N) is 1. The Kier molecular flexibility index (Phi) is 6.69. The zero-order valence-corrected chi connectivity index (χ0v) is 24.6. The van der Waals surface area contributed by atoms with Crippen molar-refractivity contribution >= 4 is 39.0 Å². The Morgan fingerprint density at radius 2 is 1.71 bits per heavy atom. The van der Waals surface area contributed by atoms with Gasteiger partial charge in [0.05, 0.1) is 24.3 Å². The van der Waals surface area contributed by atoms with E-state index in [9.17, 15) is 9.59 Å². The summed E-state index contributed by atoms with van der Waals surface area (Å²) in [6.45, 7) is 4.07. The predicted molar refractivity (Wildman–Crippen MR) is 173 cm³/mol. The highest BCUT2D eigenvalue weighted by molar-refractivity contribution is 6.02. The van der Waals surface area contributed by atoms with Gasteiger partial charge in [0.15, 0.2) is 17.3 Å². The van der Waals surface area contributed by atoms with Crippen LogP contribution in [0.2, 0.25) is 0 Å². The lowest BCUT2D eigenvalue weighted by molar-refractivity contribution is 0.0949. The molecule has 1 atom stereocenters. The molecule has 0 bridgehead atoms. The van der Waals surface area contributed by atoms with E-state index in [0.29, 0.717) is 43.3 Å². The molecule has 2 saturated heterocycles. The smallest absolute Gasteiger partial charge is 0.257 e. The molecule has 5 aromatic rings. The van der Waals surface area contributed by atoms with Crippen LogP contribution in [-0.2, 0) is 11.3 Å². The van der Waals surface area contributed by atoms with Crippen LogP contribution in [0.4, 0.5) is 15.8 Å². The molecule has 10 heteroatoms. The van der Waals surface area contributed by atoms with Crippen molar-refractivity contribution in [1.82, 2.24) is 9.88 Å². The van der Waals surface area contributed by atoms with Gasteiger partial charge in [-0.3, -0.25) is 9.59 Å². The van der Waals surface area contributed by atoms with Crippen molar-refractivity contribution in [2.45, 2.75) is 19.0 Å². The van der Waals surface area contributed by atoms with Crippen LogP contribution >= 0.6 is 0 Å². The van der Waals surface area contributed by atoms with Crippen molar-refractivity contribution < 1.29 is 18.7 Å². The first-order valence-corrected chi connectivity index (χ1v) is 15.3. The van der Waals surface area contributed by atoms with Crippen molar-refractivity contribution in [2.24, 2.45) is 5.73 Å². The first kappa shape index (κ1) is 27.6. The number of nitrogens with zero attached hydrogens (tertiary/aromatic N) is 3. The molecule has 0 aliphatic carbocycles. The lowest BCUT2D eigenvalue weighted by Gasteiger charge is -2.30. The molecule has 3 aliphatic heterocycles. The number of para-hydroxylation sites is 1. The van der Waals surface area contributed by atoms with E-state index in [-0.39, 0.29) is 35.0 Å². The molecule has 0 spiro atoms. The molecule has 0 saturated carbocycles.